The molecule has 0 bridgehead atoms. The minimum atomic E-state index is -1.03. The number of carbonyl (C=O) groups excluding carboxylic acids is 2. The summed E-state index contributed by atoms with van der Waals surface area (Å²) in [6, 6.07) is 5.82. The maximum Gasteiger partial charge on any atom is 0.335 e. The predicted molar refractivity (Wildman–Crippen MR) is 59.1 cm³/mol. The molecular formula is C12H9NO4. The Bertz CT molecular complexity index is 554. The number of nitrogens with one attached hydrogen (secondary N) is 1. The number of amides is 2. The van der Waals surface area contributed by atoms with E-state index >= 15 is 0 Å². The zero-order valence-electron chi connectivity index (χ0n) is 8.98. The molecule has 2 amide bonds. The number of hydrogen-bond donors (Lipinski definition) is 2. The molecule has 0 radical (unpaired) electrons. The van der Waals surface area contributed by atoms with Gasteiger partial charge in [0.25, 0.3) is 11.8 Å². The summed E-state index contributed by atoms with van der Waals surface area (Å²) in [4.78, 5) is 33.4. The van der Waals surface area contributed by atoms with Crippen LogP contribution in [0.4, 0.5) is 0 Å². The zero-order valence-corrected chi connectivity index (χ0v) is 8.98. The van der Waals surface area contributed by atoms with Crippen LogP contribution in [-0.2, 0) is 9.59 Å². The maximum atomic E-state index is 11.5. The number of carboxylic acids is 1. The number of rotatable bonds is 2. The van der Waals surface area contributed by atoms with Gasteiger partial charge in [0.15, 0.2) is 0 Å². The highest BCUT2D eigenvalue weighted by atomic mass is 16.4. The Morgan fingerprint density at radius 1 is 1.12 bits per heavy atom. The number of carboxylic acid groups (broad SMARTS) is 1. The van der Waals surface area contributed by atoms with Gasteiger partial charge in [-0.15, -0.1) is 0 Å². The molecule has 1 aliphatic heterocycles. The first-order valence-electron chi connectivity index (χ1n) is 4.91. The molecule has 0 spiro atoms. The van der Waals surface area contributed by atoms with E-state index in [0.29, 0.717) is 16.7 Å². The molecule has 1 heterocycles. The summed E-state index contributed by atoms with van der Waals surface area (Å²) in [7, 11) is 0. The summed E-state index contributed by atoms with van der Waals surface area (Å²) in [5, 5.41) is 10.9. The fourth-order valence-corrected chi connectivity index (χ4v) is 1.67. The number of benzene rings is 1. The Morgan fingerprint density at radius 3 is 2.12 bits per heavy atom. The summed E-state index contributed by atoms with van der Waals surface area (Å²) in [5.41, 5.74) is 1.32. The van der Waals surface area contributed by atoms with Gasteiger partial charge in [0.2, 0.25) is 0 Å². The molecule has 1 aliphatic rings. The van der Waals surface area contributed by atoms with Crippen molar-refractivity contribution < 1.29 is 19.5 Å². The summed E-state index contributed by atoms with van der Waals surface area (Å²) < 4.78 is 0. The van der Waals surface area contributed by atoms with Crippen molar-refractivity contribution in [2.75, 3.05) is 0 Å². The van der Waals surface area contributed by atoms with Crippen molar-refractivity contribution in [1.29, 1.82) is 0 Å². The lowest BCUT2D eigenvalue weighted by Crippen LogP contribution is -2.22. The van der Waals surface area contributed by atoms with Crippen LogP contribution >= 0.6 is 0 Å². The molecule has 0 atom stereocenters. The van der Waals surface area contributed by atoms with E-state index in [9.17, 15) is 14.4 Å². The van der Waals surface area contributed by atoms with E-state index in [1.54, 1.807) is 6.92 Å². The molecule has 5 heteroatoms. The van der Waals surface area contributed by atoms with Crippen LogP contribution in [0.5, 0.6) is 0 Å². The summed E-state index contributed by atoms with van der Waals surface area (Å²) in [6.07, 6.45) is 0. The van der Waals surface area contributed by atoms with E-state index in [4.69, 9.17) is 5.11 Å². The molecule has 0 aliphatic carbocycles. The first kappa shape index (κ1) is 11.1. The zero-order chi connectivity index (χ0) is 12.6. The van der Waals surface area contributed by atoms with E-state index < -0.39 is 17.8 Å². The van der Waals surface area contributed by atoms with Crippen LogP contribution in [0.1, 0.15) is 22.8 Å². The second-order valence-corrected chi connectivity index (χ2v) is 3.67. The van der Waals surface area contributed by atoms with Crippen molar-refractivity contribution in [3.05, 3.63) is 41.0 Å². The molecule has 0 saturated carbocycles. The molecule has 1 aromatic rings. The van der Waals surface area contributed by atoms with E-state index in [-0.39, 0.29) is 5.56 Å². The van der Waals surface area contributed by atoms with Crippen LogP contribution in [0.2, 0.25) is 0 Å². The molecule has 17 heavy (non-hydrogen) atoms. The summed E-state index contributed by atoms with van der Waals surface area (Å²) in [6.45, 7) is 1.56. The number of hydrogen-bond acceptors (Lipinski definition) is 3. The van der Waals surface area contributed by atoms with Crippen molar-refractivity contribution in [3.63, 3.8) is 0 Å². The number of imide groups is 1. The normalized spacial score (nSPS) is 15.1. The lowest BCUT2D eigenvalue weighted by molar-refractivity contribution is -0.123. The molecule has 1 aromatic carbocycles. The molecule has 0 fully saturated rings. The Labute approximate surface area is 96.8 Å². The van der Waals surface area contributed by atoms with Gasteiger partial charge >= 0.3 is 5.97 Å². The highest BCUT2D eigenvalue weighted by Gasteiger charge is 2.27. The van der Waals surface area contributed by atoms with Gasteiger partial charge in [-0.1, -0.05) is 12.1 Å². The molecule has 2 rings (SSSR count). The van der Waals surface area contributed by atoms with Gasteiger partial charge in [-0.25, -0.2) is 4.79 Å². The summed E-state index contributed by atoms with van der Waals surface area (Å²) in [5.74, 6) is -1.89. The first-order chi connectivity index (χ1) is 8.00. The predicted octanol–water partition coefficient (Wildman–Crippen LogP) is 0.815. The lowest BCUT2D eigenvalue weighted by Gasteiger charge is -2.01. The van der Waals surface area contributed by atoms with Crippen LogP contribution in [-0.4, -0.2) is 22.9 Å². The molecule has 0 saturated heterocycles. The fraction of sp³-hybridized carbons (Fsp3) is 0.0833. The minimum Gasteiger partial charge on any atom is -0.478 e. The minimum absolute atomic E-state index is 0.136. The van der Waals surface area contributed by atoms with Gasteiger partial charge in [0, 0.05) is 5.57 Å². The second kappa shape index (κ2) is 3.86. The molecular weight excluding hydrogens is 222 g/mol. The second-order valence-electron chi connectivity index (χ2n) is 3.67. The molecule has 2 N–H and O–H groups in total. The first-order valence-corrected chi connectivity index (χ1v) is 4.91. The Hall–Kier alpha value is -2.43. The van der Waals surface area contributed by atoms with Gasteiger partial charge in [-0.2, -0.15) is 0 Å². The Balaban J connectivity index is 2.45. The van der Waals surface area contributed by atoms with Crippen LogP contribution < -0.4 is 5.32 Å². The highest BCUT2D eigenvalue weighted by Crippen LogP contribution is 2.23. The van der Waals surface area contributed by atoms with Crippen molar-refractivity contribution in [2.24, 2.45) is 0 Å². The molecule has 0 aromatic heterocycles. The standard InChI is InChI=1S/C12H9NO4/c1-6-9(11(15)13-10(6)14)7-2-4-8(5-3-7)12(16)17/h2-5H,1H3,(H,16,17)(H,13,14,15). The van der Waals surface area contributed by atoms with Crippen molar-refractivity contribution in [1.82, 2.24) is 5.32 Å². The Kier molecular flexibility index (Phi) is 2.51. The van der Waals surface area contributed by atoms with Crippen molar-refractivity contribution >= 4 is 23.4 Å². The van der Waals surface area contributed by atoms with E-state index in [1.807, 2.05) is 0 Å². The van der Waals surface area contributed by atoms with Gasteiger partial charge in [0.05, 0.1) is 11.1 Å². The van der Waals surface area contributed by atoms with Gasteiger partial charge < -0.3 is 5.11 Å². The van der Waals surface area contributed by atoms with Crippen molar-refractivity contribution in [3.8, 4) is 0 Å². The third-order valence-corrected chi connectivity index (χ3v) is 2.59. The maximum absolute atomic E-state index is 11.5. The monoisotopic (exact) mass is 231 g/mol. The van der Waals surface area contributed by atoms with E-state index in [2.05, 4.69) is 5.32 Å². The Morgan fingerprint density at radius 2 is 1.71 bits per heavy atom. The molecule has 5 nitrogen and oxygen atoms in total. The quantitative estimate of drug-likeness (QED) is 0.738. The number of aromatic carboxylic acids is 1. The highest BCUT2D eigenvalue weighted by molar-refractivity contribution is 6.35. The smallest absolute Gasteiger partial charge is 0.335 e. The van der Waals surface area contributed by atoms with Gasteiger partial charge in [-0.3, -0.25) is 14.9 Å². The van der Waals surface area contributed by atoms with Crippen LogP contribution in [0.25, 0.3) is 5.57 Å². The topological polar surface area (TPSA) is 83.5 Å². The van der Waals surface area contributed by atoms with E-state index in [1.165, 1.54) is 24.3 Å². The van der Waals surface area contributed by atoms with Gasteiger partial charge in [-0.05, 0) is 24.6 Å². The van der Waals surface area contributed by atoms with Crippen LogP contribution in [0.15, 0.2) is 29.8 Å². The SMILES string of the molecule is CC1=C(c2ccc(C(=O)O)cc2)C(=O)NC1=O. The average Bonchev–Trinajstić information content (AvgIpc) is 2.53. The fourth-order valence-electron chi connectivity index (χ4n) is 1.67. The third kappa shape index (κ3) is 1.82. The lowest BCUT2D eigenvalue weighted by atomic mass is 10.0. The number of carbonyl (C=O) groups is 3. The summed E-state index contributed by atoms with van der Waals surface area (Å²) >= 11 is 0. The third-order valence-electron chi connectivity index (χ3n) is 2.59. The molecule has 86 valence electrons. The van der Waals surface area contributed by atoms with Crippen LogP contribution in [0, 0.1) is 0 Å². The van der Waals surface area contributed by atoms with Crippen molar-refractivity contribution in [2.45, 2.75) is 6.92 Å². The largest absolute Gasteiger partial charge is 0.478 e. The van der Waals surface area contributed by atoms with E-state index in [0.717, 1.165) is 0 Å². The average molecular weight is 231 g/mol. The molecule has 0 unspecified atom stereocenters. The van der Waals surface area contributed by atoms with Crippen LogP contribution in [0.3, 0.4) is 0 Å². The van der Waals surface area contributed by atoms with Gasteiger partial charge in [0.1, 0.15) is 0 Å².